The molecule has 6 heteroatoms. The summed E-state index contributed by atoms with van der Waals surface area (Å²) in [6, 6.07) is 10.1. The van der Waals surface area contributed by atoms with Crippen LogP contribution in [-0.2, 0) is 9.53 Å². The molecule has 1 aromatic heterocycles. The maximum absolute atomic E-state index is 12.1. The van der Waals surface area contributed by atoms with Gasteiger partial charge in [0.05, 0.1) is 24.7 Å². The first-order valence-corrected chi connectivity index (χ1v) is 8.69. The number of amides is 1. The minimum atomic E-state index is 0.166. The van der Waals surface area contributed by atoms with E-state index < -0.39 is 0 Å². The predicted octanol–water partition coefficient (Wildman–Crippen LogP) is 2.76. The van der Waals surface area contributed by atoms with Crippen LogP contribution in [0.5, 0.6) is 0 Å². The molecule has 1 aliphatic heterocycles. The molecule has 2 aromatic rings. The summed E-state index contributed by atoms with van der Waals surface area (Å²) in [5, 5.41) is 2.04. The smallest absolute Gasteiger partial charge is 0.233 e. The summed E-state index contributed by atoms with van der Waals surface area (Å²) < 4.78 is 6.19. The van der Waals surface area contributed by atoms with Crippen LogP contribution in [0.15, 0.2) is 40.1 Å². The van der Waals surface area contributed by atoms with Crippen LogP contribution < -0.4 is 0 Å². The molecule has 3 rings (SSSR count). The van der Waals surface area contributed by atoms with Gasteiger partial charge in [0.15, 0.2) is 4.34 Å². The number of aromatic nitrogens is 1. The number of hydrogen-bond acceptors (Lipinski definition) is 5. The first-order valence-electron chi connectivity index (χ1n) is 6.82. The fraction of sp³-hybridized carbons (Fsp3) is 0.333. The fourth-order valence-corrected chi connectivity index (χ4v) is 3.83. The van der Waals surface area contributed by atoms with Crippen molar-refractivity contribution in [1.29, 1.82) is 0 Å². The summed E-state index contributed by atoms with van der Waals surface area (Å²) >= 11 is 3.10. The summed E-state index contributed by atoms with van der Waals surface area (Å²) in [5.74, 6) is 0.613. The van der Waals surface area contributed by atoms with Gasteiger partial charge in [-0.2, -0.15) is 0 Å². The van der Waals surface area contributed by atoms with E-state index in [9.17, 15) is 4.79 Å². The average Bonchev–Trinajstić information content (AvgIpc) is 3.03. The molecule has 0 N–H and O–H groups in total. The summed E-state index contributed by atoms with van der Waals surface area (Å²) in [4.78, 5) is 18.5. The second-order valence-electron chi connectivity index (χ2n) is 4.65. The van der Waals surface area contributed by atoms with E-state index in [0.717, 1.165) is 15.6 Å². The van der Waals surface area contributed by atoms with E-state index in [1.165, 1.54) is 11.8 Å². The highest BCUT2D eigenvalue weighted by atomic mass is 32.2. The zero-order chi connectivity index (χ0) is 14.5. The van der Waals surface area contributed by atoms with Crippen LogP contribution in [0.4, 0.5) is 0 Å². The van der Waals surface area contributed by atoms with E-state index in [1.54, 1.807) is 11.3 Å². The second kappa shape index (κ2) is 7.06. The van der Waals surface area contributed by atoms with Crippen LogP contribution in [0, 0.1) is 0 Å². The largest absolute Gasteiger partial charge is 0.378 e. The van der Waals surface area contributed by atoms with Gasteiger partial charge in [-0.3, -0.25) is 4.79 Å². The van der Waals surface area contributed by atoms with Crippen molar-refractivity contribution in [1.82, 2.24) is 9.88 Å². The zero-order valence-corrected chi connectivity index (χ0v) is 13.2. The highest BCUT2D eigenvalue weighted by Gasteiger charge is 2.17. The van der Waals surface area contributed by atoms with Crippen LogP contribution in [0.1, 0.15) is 0 Å². The second-order valence-corrected chi connectivity index (χ2v) is 6.73. The molecule has 2 heterocycles. The van der Waals surface area contributed by atoms with Gasteiger partial charge >= 0.3 is 0 Å². The maximum atomic E-state index is 12.1. The van der Waals surface area contributed by atoms with Gasteiger partial charge in [-0.25, -0.2) is 4.98 Å². The molecule has 0 saturated carbocycles. The number of rotatable bonds is 4. The third-order valence-electron chi connectivity index (χ3n) is 3.24. The molecule has 1 saturated heterocycles. The molecule has 0 unspecified atom stereocenters. The minimum absolute atomic E-state index is 0.166. The van der Waals surface area contributed by atoms with E-state index in [4.69, 9.17) is 4.74 Å². The Labute approximate surface area is 132 Å². The lowest BCUT2D eigenvalue weighted by molar-refractivity contribution is -0.132. The lowest BCUT2D eigenvalue weighted by atomic mass is 10.2. The molecular formula is C15H16N2O2S2. The Morgan fingerprint density at radius 3 is 2.81 bits per heavy atom. The number of thioether (sulfide) groups is 1. The van der Waals surface area contributed by atoms with Crippen molar-refractivity contribution >= 4 is 29.0 Å². The Hall–Kier alpha value is -1.37. The standard InChI is InChI=1S/C15H16N2O2S2/c18-14(17-6-8-19-9-7-17)11-21-15-16-13(10-20-15)12-4-2-1-3-5-12/h1-5,10H,6-9,11H2. The van der Waals surface area contributed by atoms with Crippen molar-refractivity contribution in [2.75, 3.05) is 32.1 Å². The number of thiazole rings is 1. The van der Waals surface area contributed by atoms with E-state index in [0.29, 0.717) is 32.1 Å². The van der Waals surface area contributed by atoms with Gasteiger partial charge in [-0.1, -0.05) is 42.1 Å². The first kappa shape index (κ1) is 14.6. The Morgan fingerprint density at radius 2 is 2.05 bits per heavy atom. The summed E-state index contributed by atoms with van der Waals surface area (Å²) in [6.07, 6.45) is 0. The lowest BCUT2D eigenvalue weighted by Crippen LogP contribution is -2.41. The molecule has 21 heavy (non-hydrogen) atoms. The number of carbonyl (C=O) groups excluding carboxylic acids is 1. The van der Waals surface area contributed by atoms with Gasteiger partial charge in [0.1, 0.15) is 0 Å². The molecule has 1 amide bonds. The first-order chi connectivity index (χ1) is 10.3. The van der Waals surface area contributed by atoms with Gasteiger partial charge in [0.2, 0.25) is 5.91 Å². The van der Waals surface area contributed by atoms with E-state index >= 15 is 0 Å². The predicted molar refractivity (Wildman–Crippen MR) is 85.7 cm³/mol. The zero-order valence-electron chi connectivity index (χ0n) is 11.5. The molecule has 0 radical (unpaired) electrons. The third kappa shape index (κ3) is 3.84. The topological polar surface area (TPSA) is 42.4 Å². The third-order valence-corrected chi connectivity index (χ3v) is 5.24. The molecule has 4 nitrogen and oxygen atoms in total. The highest BCUT2D eigenvalue weighted by molar-refractivity contribution is 8.01. The van der Waals surface area contributed by atoms with Gasteiger partial charge in [-0.05, 0) is 0 Å². The maximum Gasteiger partial charge on any atom is 0.233 e. The molecule has 0 aliphatic carbocycles. The van der Waals surface area contributed by atoms with Crippen molar-refractivity contribution in [3.8, 4) is 11.3 Å². The van der Waals surface area contributed by atoms with Gasteiger partial charge < -0.3 is 9.64 Å². The SMILES string of the molecule is O=C(CSc1nc(-c2ccccc2)cs1)N1CCOCC1. The molecular weight excluding hydrogens is 304 g/mol. The van der Waals surface area contributed by atoms with Crippen molar-refractivity contribution in [2.24, 2.45) is 0 Å². The normalized spacial score (nSPS) is 15.1. The molecule has 0 spiro atoms. The lowest BCUT2D eigenvalue weighted by Gasteiger charge is -2.26. The summed E-state index contributed by atoms with van der Waals surface area (Å²) in [6.45, 7) is 2.69. The van der Waals surface area contributed by atoms with Crippen LogP contribution in [0.3, 0.4) is 0 Å². The number of hydrogen-bond donors (Lipinski definition) is 0. The average molecular weight is 320 g/mol. The molecule has 0 bridgehead atoms. The van der Waals surface area contributed by atoms with Crippen molar-refractivity contribution < 1.29 is 9.53 Å². The van der Waals surface area contributed by atoms with Crippen LogP contribution >= 0.6 is 23.1 Å². The quantitative estimate of drug-likeness (QED) is 0.813. The van der Waals surface area contributed by atoms with E-state index in [2.05, 4.69) is 4.98 Å². The minimum Gasteiger partial charge on any atom is -0.378 e. The number of carbonyl (C=O) groups is 1. The summed E-state index contributed by atoms with van der Waals surface area (Å²) in [5.41, 5.74) is 2.09. The van der Waals surface area contributed by atoms with Crippen LogP contribution in [-0.4, -0.2) is 47.8 Å². The van der Waals surface area contributed by atoms with Crippen molar-refractivity contribution in [2.45, 2.75) is 4.34 Å². The monoisotopic (exact) mass is 320 g/mol. The summed E-state index contributed by atoms with van der Waals surface area (Å²) in [7, 11) is 0. The van der Waals surface area contributed by atoms with E-state index in [1.807, 2.05) is 40.6 Å². The van der Waals surface area contributed by atoms with Crippen molar-refractivity contribution in [3.05, 3.63) is 35.7 Å². The molecule has 1 aromatic carbocycles. The number of benzene rings is 1. The van der Waals surface area contributed by atoms with Crippen molar-refractivity contribution in [3.63, 3.8) is 0 Å². The van der Waals surface area contributed by atoms with E-state index in [-0.39, 0.29) is 5.91 Å². The Morgan fingerprint density at radius 1 is 1.29 bits per heavy atom. The number of nitrogens with zero attached hydrogens (tertiary/aromatic N) is 2. The van der Waals surface area contributed by atoms with Gasteiger partial charge in [0.25, 0.3) is 0 Å². The van der Waals surface area contributed by atoms with Crippen LogP contribution in [0.2, 0.25) is 0 Å². The molecule has 0 atom stereocenters. The van der Waals surface area contributed by atoms with Gasteiger partial charge in [0, 0.05) is 24.0 Å². The molecule has 1 fully saturated rings. The van der Waals surface area contributed by atoms with Crippen LogP contribution in [0.25, 0.3) is 11.3 Å². The fourth-order valence-electron chi connectivity index (χ4n) is 2.09. The molecule has 110 valence electrons. The van der Waals surface area contributed by atoms with Gasteiger partial charge in [-0.15, -0.1) is 11.3 Å². The Bertz CT molecular complexity index is 595. The number of ether oxygens (including phenoxy) is 1. The Kier molecular flexibility index (Phi) is 4.90. The highest BCUT2D eigenvalue weighted by Crippen LogP contribution is 2.28. The Balaban J connectivity index is 1.56. The number of morpholine rings is 1. The molecule has 1 aliphatic rings.